The quantitative estimate of drug-likeness (QED) is 0.608. The van der Waals surface area contributed by atoms with Crippen molar-refractivity contribution in [1.29, 1.82) is 0 Å². The van der Waals surface area contributed by atoms with Gasteiger partial charge in [0.2, 0.25) is 0 Å². The number of piperazine rings is 1. The number of amides is 1. The summed E-state index contributed by atoms with van der Waals surface area (Å²) in [5.74, 6) is 0.00725. The number of carbonyl (C=O) groups excluding carboxylic acids is 1. The maximum absolute atomic E-state index is 12.6. The van der Waals surface area contributed by atoms with Gasteiger partial charge in [-0.05, 0) is 41.3 Å². The van der Waals surface area contributed by atoms with E-state index in [0.717, 1.165) is 31.1 Å². The van der Waals surface area contributed by atoms with Gasteiger partial charge in [0.1, 0.15) is 0 Å². The lowest BCUT2D eigenvalue weighted by Gasteiger charge is -2.40. The number of nitrogens with one attached hydrogen (secondary N) is 1. The summed E-state index contributed by atoms with van der Waals surface area (Å²) >= 11 is 1.48. The first-order chi connectivity index (χ1) is 15.1. The maximum atomic E-state index is 12.6. The normalized spacial score (nSPS) is 15.5. The molecule has 162 valence electrons. The second-order valence-electron chi connectivity index (χ2n) is 8.05. The summed E-state index contributed by atoms with van der Waals surface area (Å²) in [6.45, 7) is 4.49. The zero-order valence-electron chi connectivity index (χ0n) is 18.2. The first-order valence-electron chi connectivity index (χ1n) is 10.7. The van der Waals surface area contributed by atoms with Gasteiger partial charge in [0.25, 0.3) is 5.91 Å². The monoisotopic (exact) mass is 434 g/mol. The van der Waals surface area contributed by atoms with Crippen molar-refractivity contribution in [3.63, 3.8) is 0 Å². The number of carbonyl (C=O) groups is 1. The van der Waals surface area contributed by atoms with Crippen LogP contribution < -0.4 is 15.1 Å². The fourth-order valence-electron chi connectivity index (χ4n) is 4.07. The number of hydrogen-bond donors (Lipinski definition) is 1. The van der Waals surface area contributed by atoms with Crippen LogP contribution in [-0.4, -0.2) is 57.6 Å². The predicted molar refractivity (Wildman–Crippen MR) is 130 cm³/mol. The molecule has 4 rings (SSSR count). The molecule has 1 amide bonds. The Bertz CT molecular complexity index is 949. The molecule has 1 aliphatic rings. The van der Waals surface area contributed by atoms with Crippen LogP contribution in [0.25, 0.3) is 0 Å². The molecule has 1 saturated heterocycles. The van der Waals surface area contributed by atoms with Crippen molar-refractivity contribution in [3.8, 4) is 0 Å². The standard InChI is InChI=1S/C25H30N4OS/c1-27(2)21-12-10-20(11-13-21)23(19-26-25(30)24-9-6-18-31-24)29-16-14-28(15-17-29)22-7-4-3-5-8-22/h3-13,18,23H,14-17,19H2,1-2H3,(H,26,30)/t23-/m1/s1. The topological polar surface area (TPSA) is 38.8 Å². The van der Waals surface area contributed by atoms with E-state index in [1.165, 1.54) is 28.3 Å². The number of anilines is 2. The fraction of sp³-hybridized carbons (Fsp3) is 0.320. The number of nitrogens with zero attached hydrogens (tertiary/aromatic N) is 3. The molecule has 0 radical (unpaired) electrons. The highest BCUT2D eigenvalue weighted by Crippen LogP contribution is 2.26. The largest absolute Gasteiger partial charge is 0.378 e. The van der Waals surface area contributed by atoms with Crippen LogP contribution >= 0.6 is 11.3 Å². The van der Waals surface area contributed by atoms with E-state index >= 15 is 0 Å². The van der Waals surface area contributed by atoms with Crippen LogP contribution in [0.3, 0.4) is 0 Å². The molecule has 0 spiro atoms. The minimum atomic E-state index is 0.00725. The molecule has 0 unspecified atom stereocenters. The Hall–Kier alpha value is -2.83. The third-order valence-corrected chi connectivity index (χ3v) is 6.74. The number of benzene rings is 2. The fourth-order valence-corrected chi connectivity index (χ4v) is 4.71. The molecule has 5 nitrogen and oxygen atoms in total. The molecule has 1 aromatic heterocycles. The summed E-state index contributed by atoms with van der Waals surface area (Å²) in [4.78, 5) is 20.4. The van der Waals surface area contributed by atoms with Gasteiger partial charge < -0.3 is 15.1 Å². The van der Waals surface area contributed by atoms with Gasteiger partial charge in [0.05, 0.1) is 10.9 Å². The average molecular weight is 435 g/mol. The molecule has 3 aromatic rings. The van der Waals surface area contributed by atoms with Gasteiger partial charge in [-0.15, -0.1) is 11.3 Å². The molecule has 0 saturated carbocycles. The number of rotatable bonds is 7. The van der Waals surface area contributed by atoms with E-state index in [0.29, 0.717) is 6.54 Å². The third-order valence-electron chi connectivity index (χ3n) is 5.87. The lowest BCUT2D eigenvalue weighted by Crippen LogP contribution is -2.49. The van der Waals surface area contributed by atoms with Crippen molar-refractivity contribution in [2.24, 2.45) is 0 Å². The number of thiophene rings is 1. The van der Waals surface area contributed by atoms with Crippen LogP contribution in [0.4, 0.5) is 11.4 Å². The lowest BCUT2D eigenvalue weighted by atomic mass is 10.0. The summed E-state index contributed by atoms with van der Waals surface area (Å²) < 4.78 is 0. The van der Waals surface area contributed by atoms with Crippen molar-refractivity contribution in [1.82, 2.24) is 10.2 Å². The van der Waals surface area contributed by atoms with Crippen LogP contribution in [-0.2, 0) is 0 Å². The molecule has 2 aromatic carbocycles. The molecule has 31 heavy (non-hydrogen) atoms. The molecule has 2 heterocycles. The molecule has 1 N–H and O–H groups in total. The zero-order chi connectivity index (χ0) is 21.6. The van der Waals surface area contributed by atoms with E-state index in [-0.39, 0.29) is 11.9 Å². The summed E-state index contributed by atoms with van der Waals surface area (Å²) in [7, 11) is 4.10. The van der Waals surface area contributed by atoms with Gasteiger partial charge >= 0.3 is 0 Å². The highest BCUT2D eigenvalue weighted by molar-refractivity contribution is 7.12. The Morgan fingerprint density at radius 3 is 2.29 bits per heavy atom. The second kappa shape index (κ2) is 9.98. The van der Waals surface area contributed by atoms with Crippen molar-refractivity contribution in [2.75, 3.05) is 56.6 Å². The first kappa shape index (κ1) is 21.4. The maximum Gasteiger partial charge on any atom is 0.261 e. The minimum Gasteiger partial charge on any atom is -0.378 e. The van der Waals surface area contributed by atoms with Gasteiger partial charge in [-0.2, -0.15) is 0 Å². The second-order valence-corrected chi connectivity index (χ2v) is 9.00. The highest BCUT2D eigenvalue weighted by Gasteiger charge is 2.26. The first-order valence-corrected chi connectivity index (χ1v) is 11.6. The Morgan fingerprint density at radius 2 is 1.68 bits per heavy atom. The smallest absolute Gasteiger partial charge is 0.261 e. The van der Waals surface area contributed by atoms with Gasteiger partial charge in [0.15, 0.2) is 0 Å². The van der Waals surface area contributed by atoms with E-state index in [4.69, 9.17) is 0 Å². The third kappa shape index (κ3) is 5.27. The predicted octanol–water partition coefficient (Wildman–Crippen LogP) is 4.11. The number of hydrogen-bond acceptors (Lipinski definition) is 5. The molecule has 0 aliphatic carbocycles. The minimum absolute atomic E-state index is 0.00725. The molecule has 1 atom stereocenters. The van der Waals surface area contributed by atoms with Gasteiger partial charge in [-0.1, -0.05) is 36.4 Å². The van der Waals surface area contributed by atoms with Crippen molar-refractivity contribution < 1.29 is 4.79 Å². The van der Waals surface area contributed by atoms with E-state index in [1.807, 2.05) is 17.5 Å². The van der Waals surface area contributed by atoms with Crippen LogP contribution in [0.2, 0.25) is 0 Å². The molecule has 1 aliphatic heterocycles. The number of para-hydroxylation sites is 1. The van der Waals surface area contributed by atoms with Crippen LogP contribution in [0.1, 0.15) is 21.3 Å². The Balaban J connectivity index is 1.47. The summed E-state index contributed by atoms with van der Waals surface area (Å²) in [5.41, 5.74) is 3.70. The van der Waals surface area contributed by atoms with Crippen LogP contribution in [0.15, 0.2) is 72.1 Å². The van der Waals surface area contributed by atoms with Gasteiger partial charge in [0, 0.05) is 58.2 Å². The summed E-state index contributed by atoms with van der Waals surface area (Å²) in [6.07, 6.45) is 0. The van der Waals surface area contributed by atoms with E-state index in [9.17, 15) is 4.79 Å². The summed E-state index contributed by atoms with van der Waals surface area (Å²) in [6, 6.07) is 23.2. The Morgan fingerprint density at radius 1 is 0.968 bits per heavy atom. The van der Waals surface area contributed by atoms with E-state index in [2.05, 4.69) is 88.7 Å². The SMILES string of the molecule is CN(C)c1ccc([C@@H](CNC(=O)c2cccs2)N2CCN(c3ccccc3)CC2)cc1. The van der Waals surface area contributed by atoms with E-state index < -0.39 is 0 Å². The zero-order valence-corrected chi connectivity index (χ0v) is 19.0. The van der Waals surface area contributed by atoms with Gasteiger partial charge in [-0.3, -0.25) is 9.69 Å². The Labute approximate surface area is 188 Å². The van der Waals surface area contributed by atoms with Crippen LogP contribution in [0, 0.1) is 0 Å². The molecule has 1 fully saturated rings. The molecular weight excluding hydrogens is 404 g/mol. The Kier molecular flexibility index (Phi) is 6.89. The van der Waals surface area contributed by atoms with Crippen molar-refractivity contribution in [3.05, 3.63) is 82.6 Å². The molecular formula is C25H30N4OS. The van der Waals surface area contributed by atoms with Crippen molar-refractivity contribution >= 4 is 28.6 Å². The molecule has 6 heteroatoms. The summed E-state index contributed by atoms with van der Waals surface area (Å²) in [5, 5.41) is 5.11. The van der Waals surface area contributed by atoms with Crippen LogP contribution in [0.5, 0.6) is 0 Å². The van der Waals surface area contributed by atoms with Gasteiger partial charge in [-0.25, -0.2) is 0 Å². The lowest BCUT2D eigenvalue weighted by molar-refractivity contribution is 0.0934. The highest BCUT2D eigenvalue weighted by atomic mass is 32.1. The average Bonchev–Trinajstić information content (AvgIpc) is 3.36. The molecule has 0 bridgehead atoms. The van der Waals surface area contributed by atoms with E-state index in [1.54, 1.807) is 0 Å². The van der Waals surface area contributed by atoms with Crippen molar-refractivity contribution in [2.45, 2.75) is 6.04 Å².